The largest absolute Gasteiger partial charge is 0.464 e. The van der Waals surface area contributed by atoms with Crippen molar-refractivity contribution in [3.63, 3.8) is 0 Å². The van der Waals surface area contributed by atoms with Crippen LogP contribution in [0.1, 0.15) is 36.4 Å². The summed E-state index contributed by atoms with van der Waals surface area (Å²) in [6, 6.07) is 7.46. The van der Waals surface area contributed by atoms with E-state index in [2.05, 4.69) is 25.6 Å². The van der Waals surface area contributed by atoms with Crippen LogP contribution >= 0.6 is 0 Å². The lowest BCUT2D eigenvalue weighted by Crippen LogP contribution is -2.39. The normalized spacial score (nSPS) is 14.8. The Balaban J connectivity index is 1.65. The van der Waals surface area contributed by atoms with Gasteiger partial charge in [0.15, 0.2) is 5.94 Å². The van der Waals surface area contributed by atoms with Crippen molar-refractivity contribution in [1.82, 2.24) is 25.2 Å². The van der Waals surface area contributed by atoms with Crippen LogP contribution < -0.4 is 10.6 Å². The number of hydrogen-bond donors (Lipinski definition) is 3. The summed E-state index contributed by atoms with van der Waals surface area (Å²) in [6.45, 7) is 5.76. The molecule has 9 heteroatoms. The fraction of sp³-hybridized carbons (Fsp3) is 0.217. The number of carbonyl (C=O) groups excluding carboxylic acids is 1. The molecule has 0 radical (unpaired) electrons. The first kappa shape index (κ1) is 21.0. The van der Waals surface area contributed by atoms with Crippen LogP contribution in [0.15, 0.2) is 53.5 Å². The molecule has 3 aromatic rings. The average Bonchev–Trinajstić information content (AvgIpc) is 3.13. The molecule has 3 aromatic heterocycles. The maximum Gasteiger partial charge on any atom is 0.417 e. The van der Waals surface area contributed by atoms with E-state index < -0.39 is 6.09 Å². The van der Waals surface area contributed by atoms with E-state index in [4.69, 9.17) is 0 Å². The number of guanidine groups is 1. The van der Waals surface area contributed by atoms with Crippen molar-refractivity contribution in [2.75, 3.05) is 0 Å². The standard InChI is InChI=1S/C23H22N6O3/c1-13(2)26-22-25-10-18(20(12-30)28-22)19-7-6-15(14(3)27-19)9-16-11-29(23(31)32)21-17(16)5-4-8-24-21/h4-8,10-11,13H,9H2,1-3H3,(H,31,32)(H2,25,26,28). The smallest absolute Gasteiger partial charge is 0.417 e. The monoisotopic (exact) mass is 430 g/mol. The Hall–Kier alpha value is -4.23. The summed E-state index contributed by atoms with van der Waals surface area (Å²) in [5.74, 6) is 2.41. The van der Waals surface area contributed by atoms with Gasteiger partial charge >= 0.3 is 6.09 Å². The molecule has 1 aliphatic heterocycles. The zero-order chi connectivity index (χ0) is 22.8. The lowest BCUT2D eigenvalue weighted by molar-refractivity contribution is 0.197. The molecule has 0 unspecified atom stereocenters. The highest BCUT2D eigenvalue weighted by Gasteiger charge is 2.19. The first-order valence-corrected chi connectivity index (χ1v) is 10.1. The minimum atomic E-state index is -1.08. The minimum absolute atomic E-state index is 0.0646. The van der Waals surface area contributed by atoms with Crippen molar-refractivity contribution in [3.05, 3.63) is 71.1 Å². The molecule has 4 rings (SSSR count). The number of carboxylic acid groups (broad SMARTS) is 1. The van der Waals surface area contributed by atoms with Gasteiger partial charge in [0.05, 0.1) is 11.3 Å². The van der Waals surface area contributed by atoms with Gasteiger partial charge in [0.1, 0.15) is 11.3 Å². The molecule has 0 fully saturated rings. The van der Waals surface area contributed by atoms with Crippen LogP contribution in [0.4, 0.5) is 4.79 Å². The van der Waals surface area contributed by atoms with Crippen LogP contribution in [0.5, 0.6) is 0 Å². The number of nitrogens with one attached hydrogen (secondary N) is 2. The molecule has 0 amide bonds. The van der Waals surface area contributed by atoms with E-state index in [9.17, 15) is 14.7 Å². The van der Waals surface area contributed by atoms with Crippen LogP contribution in [0.3, 0.4) is 0 Å². The van der Waals surface area contributed by atoms with E-state index in [1.165, 1.54) is 0 Å². The van der Waals surface area contributed by atoms with Gasteiger partial charge in [-0.05, 0) is 50.1 Å². The van der Waals surface area contributed by atoms with Gasteiger partial charge < -0.3 is 15.7 Å². The van der Waals surface area contributed by atoms with E-state index >= 15 is 0 Å². The number of allylic oxidation sites excluding steroid dienone is 1. The predicted octanol–water partition coefficient (Wildman–Crippen LogP) is 2.87. The molecule has 0 atom stereocenters. The third-order valence-electron chi connectivity index (χ3n) is 5.06. The molecule has 0 saturated heterocycles. The van der Waals surface area contributed by atoms with Crippen LogP contribution in [0.2, 0.25) is 0 Å². The van der Waals surface area contributed by atoms with Gasteiger partial charge in [-0.2, -0.15) is 0 Å². The van der Waals surface area contributed by atoms with E-state index in [1.807, 2.05) is 44.9 Å². The van der Waals surface area contributed by atoms with Crippen molar-refractivity contribution >= 4 is 34.6 Å². The number of pyridine rings is 2. The first-order chi connectivity index (χ1) is 15.4. The number of hydrogen-bond acceptors (Lipinski definition) is 5. The zero-order valence-electron chi connectivity index (χ0n) is 17.9. The van der Waals surface area contributed by atoms with Gasteiger partial charge in [0.25, 0.3) is 0 Å². The lowest BCUT2D eigenvalue weighted by atomic mass is 10.0. The highest BCUT2D eigenvalue weighted by Crippen LogP contribution is 2.25. The molecule has 0 aromatic carbocycles. The second-order valence-electron chi connectivity index (χ2n) is 7.68. The van der Waals surface area contributed by atoms with Gasteiger partial charge in [0.2, 0.25) is 5.96 Å². The van der Waals surface area contributed by atoms with Crippen molar-refractivity contribution in [3.8, 4) is 0 Å². The van der Waals surface area contributed by atoms with Crippen molar-refractivity contribution in [2.45, 2.75) is 33.2 Å². The SMILES string of the molecule is Cc1nc(C2=CNC(=NC(C)C)NC2=C=O)ccc1Cc1cn(C(=O)O)c2ncccc12. The maximum atomic E-state index is 11.6. The van der Waals surface area contributed by atoms with Gasteiger partial charge in [-0.1, -0.05) is 6.07 Å². The van der Waals surface area contributed by atoms with Gasteiger partial charge in [-0.3, -0.25) is 4.98 Å². The van der Waals surface area contributed by atoms with Crippen molar-refractivity contribution < 1.29 is 14.7 Å². The Morgan fingerprint density at radius 3 is 2.78 bits per heavy atom. The molecular formula is C23H22N6O3. The molecule has 1 aliphatic rings. The number of rotatable bonds is 4. The molecule has 0 saturated carbocycles. The Bertz CT molecular complexity index is 1330. The predicted molar refractivity (Wildman–Crippen MR) is 121 cm³/mol. The molecule has 0 aliphatic carbocycles. The Morgan fingerprint density at radius 2 is 2.09 bits per heavy atom. The maximum absolute atomic E-state index is 11.6. The number of carbonyl (C=O) groups is 1. The molecule has 4 heterocycles. The highest BCUT2D eigenvalue weighted by molar-refractivity contribution is 5.98. The lowest BCUT2D eigenvalue weighted by Gasteiger charge is -2.20. The topological polar surface area (TPSA) is 122 Å². The minimum Gasteiger partial charge on any atom is -0.464 e. The number of aliphatic imine (C=N–C) groups is 1. The number of nitrogens with zero attached hydrogens (tertiary/aromatic N) is 4. The van der Waals surface area contributed by atoms with E-state index in [0.29, 0.717) is 29.3 Å². The molecule has 9 nitrogen and oxygen atoms in total. The van der Waals surface area contributed by atoms with Crippen LogP contribution in [0.25, 0.3) is 16.6 Å². The first-order valence-electron chi connectivity index (χ1n) is 10.1. The Kier molecular flexibility index (Phi) is 5.57. The summed E-state index contributed by atoms with van der Waals surface area (Å²) in [6.07, 6.45) is 4.27. The number of aryl methyl sites for hydroxylation is 1. The summed E-state index contributed by atoms with van der Waals surface area (Å²) >= 11 is 0. The number of aromatic nitrogens is 3. The van der Waals surface area contributed by atoms with Crippen LogP contribution in [0, 0.1) is 6.92 Å². The summed E-state index contributed by atoms with van der Waals surface area (Å²) in [4.78, 5) is 36.3. The molecule has 0 bridgehead atoms. The van der Waals surface area contributed by atoms with Gasteiger partial charge in [-0.25, -0.2) is 24.1 Å². The molecular weight excluding hydrogens is 408 g/mol. The molecule has 3 N–H and O–H groups in total. The quantitative estimate of drug-likeness (QED) is 0.544. The molecule has 32 heavy (non-hydrogen) atoms. The van der Waals surface area contributed by atoms with Crippen LogP contribution in [-0.4, -0.2) is 43.7 Å². The highest BCUT2D eigenvalue weighted by atomic mass is 16.4. The third-order valence-corrected chi connectivity index (χ3v) is 5.06. The fourth-order valence-electron chi connectivity index (χ4n) is 3.59. The number of fused-ring (bicyclic) bond motifs is 1. The zero-order valence-corrected chi connectivity index (χ0v) is 17.9. The van der Waals surface area contributed by atoms with E-state index in [0.717, 1.165) is 26.8 Å². The Labute approximate surface area is 184 Å². The molecule has 0 spiro atoms. The fourth-order valence-corrected chi connectivity index (χ4v) is 3.59. The summed E-state index contributed by atoms with van der Waals surface area (Å²) in [5, 5.41) is 16.2. The summed E-state index contributed by atoms with van der Waals surface area (Å²) in [7, 11) is 0. The average molecular weight is 430 g/mol. The molecule has 162 valence electrons. The second kappa shape index (κ2) is 8.49. The summed E-state index contributed by atoms with van der Waals surface area (Å²) < 4.78 is 1.13. The van der Waals surface area contributed by atoms with Gasteiger partial charge in [-0.15, -0.1) is 0 Å². The van der Waals surface area contributed by atoms with E-state index in [-0.39, 0.29) is 11.7 Å². The van der Waals surface area contributed by atoms with E-state index in [1.54, 1.807) is 24.7 Å². The third kappa shape index (κ3) is 4.01. The Morgan fingerprint density at radius 1 is 1.28 bits per heavy atom. The second-order valence-corrected chi connectivity index (χ2v) is 7.68. The van der Waals surface area contributed by atoms with Crippen molar-refractivity contribution in [1.29, 1.82) is 0 Å². The van der Waals surface area contributed by atoms with Crippen LogP contribution in [-0.2, 0) is 11.2 Å². The van der Waals surface area contributed by atoms with Gasteiger partial charge in [0, 0.05) is 42.1 Å². The van der Waals surface area contributed by atoms with Crippen molar-refractivity contribution in [2.24, 2.45) is 4.99 Å². The summed E-state index contributed by atoms with van der Waals surface area (Å²) in [5.41, 5.74) is 4.43.